The van der Waals surface area contributed by atoms with Gasteiger partial charge >= 0.3 is 7.05 Å². The van der Waals surface area contributed by atoms with E-state index in [1.165, 1.54) is 6.07 Å². The molecule has 9 heteroatoms. The van der Waals surface area contributed by atoms with Crippen molar-refractivity contribution in [2.45, 2.75) is 25.5 Å². The van der Waals surface area contributed by atoms with E-state index in [2.05, 4.69) is 0 Å². The molecule has 0 aliphatic carbocycles. The minimum Gasteiger partial charge on any atom is -0.482 e. The Morgan fingerprint density at radius 2 is 1.90 bits per heavy atom. The minimum absolute atomic E-state index is 0.0558. The van der Waals surface area contributed by atoms with Crippen molar-refractivity contribution in [1.29, 1.82) is 0 Å². The number of hydrogen-bond acceptors (Lipinski definition) is 6. The summed E-state index contributed by atoms with van der Waals surface area (Å²) in [7, 11) is 3.04. The predicted molar refractivity (Wildman–Crippen MR) is 110 cm³/mol. The number of hydrogen-bond donors (Lipinski definition) is 1. The molecule has 1 spiro atoms. The molecule has 2 aromatic rings. The van der Waals surface area contributed by atoms with Gasteiger partial charge in [0.05, 0.1) is 0 Å². The van der Waals surface area contributed by atoms with Crippen LogP contribution in [0, 0.1) is 0 Å². The highest BCUT2D eigenvalue weighted by atomic mass is 16.5. The first kappa shape index (κ1) is 19.5. The Balaban J connectivity index is 1.72. The average molecular weight is 396 g/mol. The highest BCUT2D eigenvalue weighted by Crippen LogP contribution is 2.35. The maximum Gasteiger partial charge on any atom is 0.376 e. The van der Waals surface area contributed by atoms with Gasteiger partial charge in [-0.3, -0.25) is 19.3 Å². The fourth-order valence-electron chi connectivity index (χ4n) is 4.25. The molecule has 1 aromatic heterocycles. The maximum absolute atomic E-state index is 13.4. The van der Waals surface area contributed by atoms with Crippen molar-refractivity contribution in [1.82, 2.24) is 14.4 Å². The summed E-state index contributed by atoms with van der Waals surface area (Å²) in [5.74, 6) is -0.211. The van der Waals surface area contributed by atoms with Crippen molar-refractivity contribution in [2.24, 2.45) is 0 Å². The van der Waals surface area contributed by atoms with Crippen LogP contribution < -0.4 is 15.2 Å². The van der Waals surface area contributed by atoms with Gasteiger partial charge in [-0.05, 0) is 18.9 Å². The van der Waals surface area contributed by atoms with Gasteiger partial charge in [-0.25, -0.2) is 0 Å². The number of likely N-dealkylation sites (N-methyl/N-ethyl adjacent to an activating group) is 2. The van der Waals surface area contributed by atoms with E-state index in [0.717, 1.165) is 5.56 Å². The summed E-state index contributed by atoms with van der Waals surface area (Å²) in [5.41, 5.74) is 0.210. The summed E-state index contributed by atoms with van der Waals surface area (Å²) in [6, 6.07) is 10.9. The van der Waals surface area contributed by atoms with Gasteiger partial charge in [0.25, 0.3) is 5.91 Å². The largest absolute Gasteiger partial charge is 0.482 e. The molecular formula is C20H25BN4O4. The van der Waals surface area contributed by atoms with E-state index in [4.69, 9.17) is 4.74 Å². The van der Waals surface area contributed by atoms with Crippen LogP contribution in [-0.2, 0) is 6.61 Å². The van der Waals surface area contributed by atoms with Gasteiger partial charge in [0.1, 0.15) is 12.3 Å². The molecule has 2 aliphatic heterocycles. The van der Waals surface area contributed by atoms with Crippen molar-refractivity contribution in [3.05, 3.63) is 64.1 Å². The lowest BCUT2D eigenvalue weighted by molar-refractivity contribution is 0.0422. The van der Waals surface area contributed by atoms with Gasteiger partial charge in [-0.1, -0.05) is 30.3 Å². The molecule has 3 heterocycles. The van der Waals surface area contributed by atoms with Gasteiger partial charge in [0.15, 0.2) is 11.4 Å². The number of rotatable bonds is 4. The summed E-state index contributed by atoms with van der Waals surface area (Å²) in [6.45, 7) is 3.11. The number of carbonyl (C=O) groups excluding carboxylic acids is 1. The summed E-state index contributed by atoms with van der Waals surface area (Å²) in [4.78, 5) is 29.5. The van der Waals surface area contributed by atoms with Crippen molar-refractivity contribution in [3.63, 3.8) is 0 Å². The van der Waals surface area contributed by atoms with Crippen molar-refractivity contribution < 1.29 is 14.6 Å². The summed E-state index contributed by atoms with van der Waals surface area (Å²) in [6.07, 6.45) is 2.30. The molecule has 0 bridgehead atoms. The van der Waals surface area contributed by atoms with Gasteiger partial charge in [-0.15, -0.1) is 0 Å². The van der Waals surface area contributed by atoms with Gasteiger partial charge in [0.2, 0.25) is 5.43 Å². The van der Waals surface area contributed by atoms with Crippen LogP contribution in [-0.4, -0.2) is 65.2 Å². The molecule has 1 atom stereocenters. The third-order valence-electron chi connectivity index (χ3n) is 6.10. The van der Waals surface area contributed by atoms with Crippen LogP contribution in [0.2, 0.25) is 6.82 Å². The van der Waals surface area contributed by atoms with Crippen molar-refractivity contribution >= 4 is 13.0 Å². The molecule has 1 saturated heterocycles. The smallest absolute Gasteiger partial charge is 0.376 e. The molecule has 1 fully saturated rings. The lowest BCUT2D eigenvalue weighted by Gasteiger charge is -2.51. The zero-order chi connectivity index (χ0) is 20.8. The number of benzene rings is 1. The van der Waals surface area contributed by atoms with E-state index < -0.39 is 12.7 Å². The lowest BCUT2D eigenvalue weighted by atomic mass is 9.85. The SMILES string of the molecule is CB(O)N1CCC2(C1)N(C)C(=O)c1c(OCc3ccccc3)c(=O)ccn1N2C. The molecule has 2 aliphatic rings. The van der Waals surface area contributed by atoms with E-state index in [-0.39, 0.29) is 29.4 Å². The lowest BCUT2D eigenvalue weighted by Crippen LogP contribution is -2.69. The Morgan fingerprint density at radius 3 is 2.55 bits per heavy atom. The van der Waals surface area contributed by atoms with E-state index >= 15 is 0 Å². The monoisotopic (exact) mass is 396 g/mol. The third-order valence-corrected chi connectivity index (χ3v) is 6.10. The molecular weight excluding hydrogens is 371 g/mol. The number of ether oxygens (including phenoxy) is 1. The molecule has 1 unspecified atom stereocenters. The van der Waals surface area contributed by atoms with Crippen molar-refractivity contribution in [2.75, 3.05) is 32.2 Å². The summed E-state index contributed by atoms with van der Waals surface area (Å²) < 4.78 is 7.54. The normalized spacial score (nSPS) is 21.6. The van der Waals surface area contributed by atoms with E-state index in [1.807, 2.05) is 47.2 Å². The van der Waals surface area contributed by atoms with Crippen LogP contribution in [0.15, 0.2) is 47.4 Å². The molecule has 152 valence electrons. The molecule has 0 saturated carbocycles. The molecule has 0 radical (unpaired) electrons. The zero-order valence-corrected chi connectivity index (χ0v) is 16.9. The van der Waals surface area contributed by atoms with E-state index in [1.54, 1.807) is 29.6 Å². The Kier molecular flexibility index (Phi) is 4.88. The number of carbonyl (C=O) groups is 1. The first-order chi connectivity index (χ1) is 13.8. The molecule has 1 aromatic carbocycles. The van der Waals surface area contributed by atoms with E-state index in [0.29, 0.717) is 19.5 Å². The molecule has 29 heavy (non-hydrogen) atoms. The van der Waals surface area contributed by atoms with Crippen LogP contribution in [0.25, 0.3) is 0 Å². The quantitative estimate of drug-likeness (QED) is 0.763. The second kappa shape index (κ2) is 7.24. The molecule has 8 nitrogen and oxygen atoms in total. The van der Waals surface area contributed by atoms with Gasteiger partial charge < -0.3 is 19.5 Å². The van der Waals surface area contributed by atoms with Gasteiger partial charge in [0, 0.05) is 39.3 Å². The molecule has 1 N–H and O–H groups in total. The van der Waals surface area contributed by atoms with E-state index in [9.17, 15) is 14.6 Å². The zero-order valence-electron chi connectivity index (χ0n) is 16.9. The number of fused-ring (bicyclic) bond motifs is 1. The molecule has 4 rings (SSSR count). The summed E-state index contributed by atoms with van der Waals surface area (Å²) in [5, 5.41) is 12.0. The van der Waals surface area contributed by atoms with Crippen LogP contribution in [0.5, 0.6) is 5.75 Å². The van der Waals surface area contributed by atoms with Crippen LogP contribution in [0.4, 0.5) is 0 Å². The molecule has 1 amide bonds. The highest BCUT2D eigenvalue weighted by molar-refractivity contribution is 6.45. The predicted octanol–water partition coefficient (Wildman–Crippen LogP) is 0.593. The minimum atomic E-state index is -0.604. The Morgan fingerprint density at radius 1 is 1.17 bits per heavy atom. The van der Waals surface area contributed by atoms with Gasteiger partial charge in [-0.2, -0.15) is 0 Å². The standard InChI is InChI=1S/C20H25BN4O4/c1-21(28)24-12-10-20(14-24)22(2)19(27)17-18(16(26)9-11-25(17)23(20)3)29-13-15-7-5-4-6-8-15/h4-9,11,28H,10,12-14H2,1-3H3. The van der Waals surface area contributed by atoms with Crippen molar-refractivity contribution in [3.8, 4) is 5.75 Å². The Labute approximate surface area is 170 Å². The first-order valence-corrected chi connectivity index (χ1v) is 9.72. The Bertz CT molecular complexity index is 980. The third kappa shape index (κ3) is 3.10. The number of amides is 1. The topological polar surface area (TPSA) is 78.3 Å². The number of nitrogens with zero attached hydrogens (tertiary/aromatic N) is 4. The highest BCUT2D eigenvalue weighted by Gasteiger charge is 2.52. The van der Waals surface area contributed by atoms with Crippen LogP contribution >= 0.6 is 0 Å². The average Bonchev–Trinajstić information content (AvgIpc) is 3.17. The fourth-order valence-corrected chi connectivity index (χ4v) is 4.25. The Hall–Kier alpha value is -2.78. The van der Waals surface area contributed by atoms with Crippen LogP contribution in [0.1, 0.15) is 22.5 Å². The second-order valence-electron chi connectivity index (χ2n) is 7.70. The maximum atomic E-state index is 13.4. The van der Waals surface area contributed by atoms with Crippen LogP contribution in [0.3, 0.4) is 0 Å². The number of aromatic nitrogens is 1. The first-order valence-electron chi connectivity index (χ1n) is 9.72. The summed E-state index contributed by atoms with van der Waals surface area (Å²) >= 11 is 0. The second-order valence-corrected chi connectivity index (χ2v) is 7.70. The number of pyridine rings is 1. The fraction of sp³-hybridized carbons (Fsp3) is 0.400.